The van der Waals surface area contributed by atoms with Gasteiger partial charge in [-0.05, 0) is 36.8 Å². The highest BCUT2D eigenvalue weighted by Gasteiger charge is 2.40. The fraction of sp³-hybridized carbons (Fsp3) is 0.188. The number of rotatable bonds is 2. The van der Waals surface area contributed by atoms with E-state index in [2.05, 4.69) is 11.9 Å². The van der Waals surface area contributed by atoms with Crippen molar-refractivity contribution >= 4 is 11.6 Å². The molecular formula is C16H16FN3. The summed E-state index contributed by atoms with van der Waals surface area (Å²) in [4.78, 5) is 6.37. The Labute approximate surface area is 117 Å². The molecule has 3 rings (SSSR count). The first kappa shape index (κ1) is 12.7. The first-order valence-electron chi connectivity index (χ1n) is 6.52. The molecule has 4 heteroatoms. The lowest BCUT2D eigenvalue weighted by molar-refractivity contribution is 0.530. The number of aliphatic imine (C=N–C) groups is 1. The third kappa shape index (κ3) is 1.93. The van der Waals surface area contributed by atoms with Crippen LogP contribution in [0.4, 0.5) is 10.1 Å². The fourth-order valence-electron chi connectivity index (χ4n) is 2.65. The molecule has 0 saturated carbocycles. The van der Waals surface area contributed by atoms with Crippen molar-refractivity contribution in [3.05, 3.63) is 66.0 Å². The molecule has 0 saturated heterocycles. The van der Waals surface area contributed by atoms with E-state index >= 15 is 0 Å². The molecule has 0 spiro atoms. The smallest absolute Gasteiger partial charge is 0.196 e. The Morgan fingerprint density at radius 1 is 1.10 bits per heavy atom. The van der Waals surface area contributed by atoms with Gasteiger partial charge in [0.25, 0.3) is 0 Å². The standard InChI is InChI=1S/C16H16FN3/c1-16(12-7-9-13(17)10-8-12)11-19-15(18)20(16)14-5-3-2-4-6-14/h2-10H,11H2,1H3,(H2,18,19). The van der Waals surface area contributed by atoms with E-state index in [4.69, 9.17) is 5.73 Å². The zero-order valence-corrected chi connectivity index (χ0v) is 11.3. The number of para-hydroxylation sites is 1. The van der Waals surface area contributed by atoms with Crippen molar-refractivity contribution in [2.45, 2.75) is 12.5 Å². The molecule has 2 aromatic rings. The summed E-state index contributed by atoms with van der Waals surface area (Å²) in [5.74, 6) is 0.249. The minimum absolute atomic E-state index is 0.240. The SMILES string of the molecule is CC1(c2ccc(F)cc2)CN=C(N)N1c1ccccc1. The molecule has 1 aliphatic rings. The second-order valence-corrected chi connectivity index (χ2v) is 5.13. The van der Waals surface area contributed by atoms with Crippen LogP contribution in [-0.4, -0.2) is 12.5 Å². The van der Waals surface area contributed by atoms with Crippen LogP contribution >= 0.6 is 0 Å². The Morgan fingerprint density at radius 3 is 2.40 bits per heavy atom. The van der Waals surface area contributed by atoms with Crippen LogP contribution in [0.5, 0.6) is 0 Å². The van der Waals surface area contributed by atoms with Crippen molar-refractivity contribution in [2.24, 2.45) is 10.7 Å². The molecule has 0 aromatic heterocycles. The van der Waals surface area contributed by atoms with Crippen molar-refractivity contribution in [2.75, 3.05) is 11.4 Å². The van der Waals surface area contributed by atoms with E-state index in [-0.39, 0.29) is 11.4 Å². The molecule has 2 aromatic carbocycles. The summed E-state index contributed by atoms with van der Waals surface area (Å²) in [6.45, 7) is 2.62. The number of benzene rings is 2. The van der Waals surface area contributed by atoms with Gasteiger partial charge in [0.15, 0.2) is 5.96 Å². The zero-order valence-electron chi connectivity index (χ0n) is 11.3. The first-order chi connectivity index (χ1) is 9.61. The van der Waals surface area contributed by atoms with Gasteiger partial charge in [0.2, 0.25) is 0 Å². The number of halogens is 1. The molecule has 0 radical (unpaired) electrons. The summed E-state index contributed by atoms with van der Waals surface area (Å²) in [5.41, 5.74) is 7.64. The zero-order chi connectivity index (χ0) is 14.2. The van der Waals surface area contributed by atoms with Crippen molar-refractivity contribution in [1.82, 2.24) is 0 Å². The Hall–Kier alpha value is -2.36. The van der Waals surface area contributed by atoms with Gasteiger partial charge in [-0.25, -0.2) is 4.39 Å². The monoisotopic (exact) mass is 269 g/mol. The second-order valence-electron chi connectivity index (χ2n) is 5.13. The summed E-state index contributed by atoms with van der Waals surface area (Å²) in [5, 5.41) is 0. The molecule has 0 aliphatic carbocycles. The maximum absolute atomic E-state index is 13.1. The van der Waals surface area contributed by atoms with Crippen molar-refractivity contribution < 1.29 is 4.39 Å². The second kappa shape index (κ2) is 4.63. The molecule has 3 nitrogen and oxygen atoms in total. The number of guanidine groups is 1. The summed E-state index contributed by atoms with van der Waals surface area (Å²) in [6, 6.07) is 16.4. The summed E-state index contributed by atoms with van der Waals surface area (Å²) >= 11 is 0. The average Bonchev–Trinajstić information content (AvgIpc) is 2.77. The van der Waals surface area contributed by atoms with Gasteiger partial charge in [-0.1, -0.05) is 30.3 Å². The van der Waals surface area contributed by atoms with E-state index in [1.165, 1.54) is 12.1 Å². The Morgan fingerprint density at radius 2 is 1.75 bits per heavy atom. The average molecular weight is 269 g/mol. The number of anilines is 1. The van der Waals surface area contributed by atoms with E-state index in [1.54, 1.807) is 12.1 Å². The van der Waals surface area contributed by atoms with Crippen LogP contribution in [0.2, 0.25) is 0 Å². The van der Waals surface area contributed by atoms with Crippen molar-refractivity contribution in [1.29, 1.82) is 0 Å². The molecular weight excluding hydrogens is 253 g/mol. The van der Waals surface area contributed by atoms with Crippen LogP contribution < -0.4 is 10.6 Å². The highest BCUT2D eigenvalue weighted by molar-refractivity contribution is 5.98. The first-order valence-corrected chi connectivity index (χ1v) is 6.52. The Bertz CT molecular complexity index is 637. The lowest BCUT2D eigenvalue weighted by atomic mass is 9.90. The molecule has 0 amide bonds. The molecule has 20 heavy (non-hydrogen) atoms. The number of nitrogens with zero attached hydrogens (tertiary/aromatic N) is 2. The molecule has 102 valence electrons. The predicted molar refractivity (Wildman–Crippen MR) is 79.2 cm³/mol. The third-order valence-corrected chi connectivity index (χ3v) is 3.75. The van der Waals surface area contributed by atoms with Crippen LogP contribution in [0.15, 0.2) is 59.6 Å². The van der Waals surface area contributed by atoms with Crippen LogP contribution in [0, 0.1) is 5.82 Å². The number of hydrogen-bond donors (Lipinski definition) is 1. The van der Waals surface area contributed by atoms with Gasteiger partial charge < -0.3 is 10.6 Å². The quantitative estimate of drug-likeness (QED) is 0.910. The lowest BCUT2D eigenvalue weighted by Gasteiger charge is -2.36. The third-order valence-electron chi connectivity index (χ3n) is 3.75. The topological polar surface area (TPSA) is 41.6 Å². The Kier molecular flexibility index (Phi) is 2.93. The van der Waals surface area contributed by atoms with Crippen LogP contribution in [0.3, 0.4) is 0 Å². The van der Waals surface area contributed by atoms with E-state index in [9.17, 15) is 4.39 Å². The summed E-state index contributed by atoms with van der Waals surface area (Å²) in [7, 11) is 0. The molecule has 1 unspecified atom stereocenters. The molecule has 1 heterocycles. The van der Waals surface area contributed by atoms with Crippen molar-refractivity contribution in [3.63, 3.8) is 0 Å². The van der Waals surface area contributed by atoms with Crippen molar-refractivity contribution in [3.8, 4) is 0 Å². The van der Waals surface area contributed by atoms with Crippen LogP contribution in [-0.2, 0) is 5.54 Å². The van der Waals surface area contributed by atoms with E-state index in [0.717, 1.165) is 11.3 Å². The largest absolute Gasteiger partial charge is 0.369 e. The Balaban J connectivity index is 2.06. The van der Waals surface area contributed by atoms with Gasteiger partial charge >= 0.3 is 0 Å². The van der Waals surface area contributed by atoms with Crippen LogP contribution in [0.1, 0.15) is 12.5 Å². The fourth-order valence-corrected chi connectivity index (χ4v) is 2.65. The van der Waals surface area contributed by atoms with E-state index in [1.807, 2.05) is 35.2 Å². The van der Waals surface area contributed by atoms with Gasteiger partial charge in [0, 0.05) is 5.69 Å². The van der Waals surface area contributed by atoms with Gasteiger partial charge in [0.05, 0.1) is 12.1 Å². The van der Waals surface area contributed by atoms with Gasteiger partial charge in [-0.15, -0.1) is 0 Å². The number of hydrogen-bond acceptors (Lipinski definition) is 3. The van der Waals surface area contributed by atoms with Gasteiger partial charge in [-0.3, -0.25) is 4.99 Å². The van der Waals surface area contributed by atoms with Gasteiger partial charge in [-0.2, -0.15) is 0 Å². The van der Waals surface area contributed by atoms with Crippen LogP contribution in [0.25, 0.3) is 0 Å². The summed E-state index contributed by atoms with van der Waals surface area (Å²) < 4.78 is 13.1. The van der Waals surface area contributed by atoms with Gasteiger partial charge in [0.1, 0.15) is 5.82 Å². The maximum atomic E-state index is 13.1. The minimum atomic E-state index is -0.390. The number of nitrogens with two attached hydrogens (primary N) is 1. The predicted octanol–water partition coefficient (Wildman–Crippen LogP) is 2.88. The van der Waals surface area contributed by atoms with E-state index < -0.39 is 0 Å². The molecule has 2 N–H and O–H groups in total. The molecule has 1 atom stereocenters. The minimum Gasteiger partial charge on any atom is -0.369 e. The maximum Gasteiger partial charge on any atom is 0.196 e. The molecule has 1 aliphatic heterocycles. The van der Waals surface area contributed by atoms with E-state index in [0.29, 0.717) is 12.5 Å². The normalized spacial score (nSPS) is 21.9. The molecule has 0 fully saturated rings. The summed E-state index contributed by atoms with van der Waals surface area (Å²) in [6.07, 6.45) is 0. The highest BCUT2D eigenvalue weighted by Crippen LogP contribution is 2.36. The lowest BCUT2D eigenvalue weighted by Crippen LogP contribution is -2.47. The highest BCUT2D eigenvalue weighted by atomic mass is 19.1. The molecule has 0 bridgehead atoms.